The van der Waals surface area contributed by atoms with Crippen LogP contribution in [0, 0.1) is 5.82 Å². The molecule has 3 aromatic carbocycles. The number of fused-ring (bicyclic) bond motifs is 1. The summed E-state index contributed by atoms with van der Waals surface area (Å²) in [6.07, 6.45) is 0.659. The molecule has 0 unspecified atom stereocenters. The van der Waals surface area contributed by atoms with Crippen molar-refractivity contribution in [2.45, 2.75) is 11.3 Å². The minimum atomic E-state index is -3.79. The first-order valence-corrected chi connectivity index (χ1v) is 12.0. The minimum absolute atomic E-state index is 0.153. The molecule has 0 atom stereocenters. The van der Waals surface area contributed by atoms with E-state index in [2.05, 4.69) is 10.3 Å². The highest BCUT2D eigenvalue weighted by molar-refractivity contribution is 7.89. The van der Waals surface area contributed by atoms with E-state index in [1.54, 1.807) is 23.5 Å². The molecule has 0 radical (unpaired) electrons. The van der Waals surface area contributed by atoms with Gasteiger partial charge in [0, 0.05) is 26.2 Å². The summed E-state index contributed by atoms with van der Waals surface area (Å²) in [6.45, 7) is 0. The molecule has 6 nitrogen and oxygen atoms in total. The van der Waals surface area contributed by atoms with Gasteiger partial charge in [-0.05, 0) is 48.0 Å². The lowest BCUT2D eigenvalue weighted by Gasteiger charge is -2.13. The van der Waals surface area contributed by atoms with Gasteiger partial charge in [-0.25, -0.2) is 22.1 Å². The summed E-state index contributed by atoms with van der Waals surface area (Å²) in [5.41, 5.74) is 2.12. The van der Waals surface area contributed by atoms with Crippen LogP contribution in [-0.4, -0.2) is 37.7 Å². The van der Waals surface area contributed by atoms with Crippen LogP contribution in [0.2, 0.25) is 0 Å². The van der Waals surface area contributed by atoms with Crippen LogP contribution in [0.1, 0.15) is 20.9 Å². The highest BCUT2D eigenvalue weighted by Crippen LogP contribution is 2.24. The molecule has 0 spiro atoms. The smallest absolute Gasteiger partial charge is 0.258 e. The molecule has 1 N–H and O–H groups in total. The second-order valence-electron chi connectivity index (χ2n) is 7.33. The average Bonchev–Trinajstić information content (AvgIpc) is 3.17. The molecule has 0 aliphatic carbocycles. The third-order valence-corrected chi connectivity index (χ3v) is 7.71. The number of hydrogen-bond acceptors (Lipinski definition) is 5. The third-order valence-electron chi connectivity index (χ3n) is 4.87. The molecule has 0 saturated heterocycles. The number of benzene rings is 3. The van der Waals surface area contributed by atoms with Gasteiger partial charge in [-0.15, -0.1) is 11.3 Å². The predicted octanol–water partition coefficient (Wildman–Crippen LogP) is 4.53. The fourth-order valence-corrected chi connectivity index (χ4v) is 5.05. The lowest BCUT2D eigenvalue weighted by atomic mass is 10.1. The molecule has 4 aromatic rings. The number of sulfonamides is 1. The summed E-state index contributed by atoms with van der Waals surface area (Å²) in [4.78, 5) is 17.1. The molecule has 0 bridgehead atoms. The predicted molar refractivity (Wildman–Crippen MR) is 124 cm³/mol. The van der Waals surface area contributed by atoms with Crippen LogP contribution in [0.15, 0.2) is 71.6 Å². The number of hydrogen-bond donors (Lipinski definition) is 1. The van der Waals surface area contributed by atoms with Gasteiger partial charge >= 0.3 is 0 Å². The number of carbonyl (C=O) groups is 1. The fourth-order valence-electron chi connectivity index (χ4n) is 3.12. The third kappa shape index (κ3) is 4.55. The number of anilines is 1. The standard InChI is InChI=1S/C23H20FN3O3S2/c1-27(2)32(29,30)17-11-12-19(24)18(14-17)23(28)25-16-9-7-15(8-10-16)13-22-26-20-5-3-4-6-21(20)31-22/h3-12,14H,13H2,1-2H3,(H,25,28). The van der Waals surface area contributed by atoms with Crippen LogP contribution in [0.3, 0.4) is 0 Å². The molecule has 32 heavy (non-hydrogen) atoms. The van der Waals surface area contributed by atoms with E-state index in [1.165, 1.54) is 14.1 Å². The van der Waals surface area contributed by atoms with E-state index in [0.717, 1.165) is 43.3 Å². The molecule has 4 rings (SSSR count). The van der Waals surface area contributed by atoms with Crippen molar-refractivity contribution in [3.05, 3.63) is 88.7 Å². The summed E-state index contributed by atoms with van der Waals surface area (Å²) in [5.74, 6) is -1.52. The van der Waals surface area contributed by atoms with E-state index >= 15 is 0 Å². The number of aromatic nitrogens is 1. The number of halogens is 1. The number of nitrogens with zero attached hydrogens (tertiary/aromatic N) is 2. The minimum Gasteiger partial charge on any atom is -0.322 e. The zero-order valence-electron chi connectivity index (χ0n) is 17.4. The van der Waals surface area contributed by atoms with E-state index in [9.17, 15) is 17.6 Å². The first kappa shape index (κ1) is 22.1. The SMILES string of the molecule is CN(C)S(=O)(=O)c1ccc(F)c(C(=O)Nc2ccc(Cc3nc4ccccc4s3)cc2)c1. The van der Waals surface area contributed by atoms with Gasteiger partial charge in [-0.1, -0.05) is 24.3 Å². The molecule has 9 heteroatoms. The molecular formula is C23H20FN3O3S2. The number of nitrogens with one attached hydrogen (secondary N) is 1. The molecule has 0 aliphatic heterocycles. The van der Waals surface area contributed by atoms with Crippen molar-refractivity contribution >= 4 is 43.2 Å². The van der Waals surface area contributed by atoms with Crippen molar-refractivity contribution < 1.29 is 17.6 Å². The summed E-state index contributed by atoms with van der Waals surface area (Å²) in [7, 11) is -1.05. The maximum atomic E-state index is 14.2. The quantitative estimate of drug-likeness (QED) is 0.450. The van der Waals surface area contributed by atoms with Crippen LogP contribution in [0.4, 0.5) is 10.1 Å². The van der Waals surface area contributed by atoms with Crippen LogP contribution < -0.4 is 5.32 Å². The van der Waals surface area contributed by atoms with Gasteiger partial charge in [0.1, 0.15) is 5.82 Å². The largest absolute Gasteiger partial charge is 0.322 e. The molecule has 1 aromatic heterocycles. The second-order valence-corrected chi connectivity index (χ2v) is 10.6. The maximum Gasteiger partial charge on any atom is 0.258 e. The summed E-state index contributed by atoms with van der Waals surface area (Å²) < 4.78 is 40.9. The van der Waals surface area contributed by atoms with Crippen molar-refractivity contribution in [2.24, 2.45) is 0 Å². The zero-order chi connectivity index (χ0) is 22.9. The number of para-hydroxylation sites is 1. The van der Waals surface area contributed by atoms with Gasteiger partial charge in [-0.2, -0.15) is 0 Å². The Kier molecular flexibility index (Phi) is 6.05. The normalized spacial score (nSPS) is 11.8. The lowest BCUT2D eigenvalue weighted by Crippen LogP contribution is -2.23. The van der Waals surface area contributed by atoms with E-state index in [0.29, 0.717) is 12.1 Å². The Bertz CT molecular complexity index is 1360. The van der Waals surface area contributed by atoms with Crippen molar-refractivity contribution in [3.63, 3.8) is 0 Å². The lowest BCUT2D eigenvalue weighted by molar-refractivity contribution is 0.102. The van der Waals surface area contributed by atoms with E-state index < -0.39 is 21.7 Å². The zero-order valence-corrected chi connectivity index (χ0v) is 19.0. The Morgan fingerprint density at radius 3 is 2.47 bits per heavy atom. The van der Waals surface area contributed by atoms with E-state index in [4.69, 9.17) is 0 Å². The maximum absolute atomic E-state index is 14.2. The molecule has 164 valence electrons. The van der Waals surface area contributed by atoms with Crippen LogP contribution in [-0.2, 0) is 16.4 Å². The molecule has 1 heterocycles. The van der Waals surface area contributed by atoms with Crippen LogP contribution >= 0.6 is 11.3 Å². The van der Waals surface area contributed by atoms with Crippen molar-refractivity contribution in [1.29, 1.82) is 0 Å². The Hall–Kier alpha value is -3.14. The number of carbonyl (C=O) groups excluding carboxylic acids is 1. The van der Waals surface area contributed by atoms with E-state index in [-0.39, 0.29) is 10.5 Å². The molecular weight excluding hydrogens is 449 g/mol. The first-order valence-electron chi connectivity index (χ1n) is 9.71. The fraction of sp³-hybridized carbons (Fsp3) is 0.130. The van der Waals surface area contributed by atoms with Gasteiger partial charge in [0.15, 0.2) is 0 Å². The van der Waals surface area contributed by atoms with Crippen molar-refractivity contribution in [2.75, 3.05) is 19.4 Å². The number of rotatable bonds is 6. The van der Waals surface area contributed by atoms with Gasteiger partial charge in [0.05, 0.1) is 25.7 Å². The Balaban J connectivity index is 1.49. The molecule has 0 saturated carbocycles. The summed E-state index contributed by atoms with van der Waals surface area (Å²) >= 11 is 1.64. The highest BCUT2D eigenvalue weighted by atomic mass is 32.2. The Labute approximate surface area is 189 Å². The van der Waals surface area contributed by atoms with Crippen LogP contribution in [0.25, 0.3) is 10.2 Å². The van der Waals surface area contributed by atoms with Gasteiger partial charge in [0.25, 0.3) is 5.91 Å². The van der Waals surface area contributed by atoms with Gasteiger partial charge < -0.3 is 5.32 Å². The molecule has 1 amide bonds. The molecule has 0 fully saturated rings. The monoisotopic (exact) mass is 469 g/mol. The number of amides is 1. The second kappa shape index (κ2) is 8.78. The van der Waals surface area contributed by atoms with Gasteiger partial charge in [0.2, 0.25) is 10.0 Å². The summed E-state index contributed by atoms with van der Waals surface area (Å²) in [5, 5.41) is 3.61. The highest BCUT2D eigenvalue weighted by Gasteiger charge is 2.21. The summed E-state index contributed by atoms with van der Waals surface area (Å²) in [6, 6.07) is 18.3. The van der Waals surface area contributed by atoms with Crippen LogP contribution in [0.5, 0.6) is 0 Å². The van der Waals surface area contributed by atoms with Crippen molar-refractivity contribution in [3.8, 4) is 0 Å². The number of thiazole rings is 1. The first-order chi connectivity index (χ1) is 15.2. The van der Waals surface area contributed by atoms with E-state index in [1.807, 2.05) is 36.4 Å². The average molecular weight is 470 g/mol. The Morgan fingerprint density at radius 1 is 1.06 bits per heavy atom. The topological polar surface area (TPSA) is 79.4 Å². The Morgan fingerprint density at radius 2 is 1.78 bits per heavy atom. The molecule has 0 aliphatic rings. The van der Waals surface area contributed by atoms with Gasteiger partial charge in [-0.3, -0.25) is 4.79 Å². The van der Waals surface area contributed by atoms with Crippen molar-refractivity contribution in [1.82, 2.24) is 9.29 Å².